The second-order valence-electron chi connectivity index (χ2n) is 5.75. The van der Waals surface area contributed by atoms with Crippen molar-refractivity contribution in [2.45, 2.75) is 38.3 Å². The zero-order chi connectivity index (χ0) is 15.5. The van der Waals surface area contributed by atoms with E-state index in [0.717, 1.165) is 25.8 Å². The Hall–Kier alpha value is -1.63. The lowest BCUT2D eigenvalue weighted by Gasteiger charge is -2.37. The number of hydrogen-bond donors (Lipinski definition) is 1. The lowest BCUT2D eigenvalue weighted by atomic mass is 9.96. The summed E-state index contributed by atoms with van der Waals surface area (Å²) in [6.45, 7) is 2.71. The third kappa shape index (κ3) is 4.26. The van der Waals surface area contributed by atoms with Crippen LogP contribution >= 0.6 is 24.8 Å². The summed E-state index contributed by atoms with van der Waals surface area (Å²) in [6, 6.07) is 7.31. The summed E-state index contributed by atoms with van der Waals surface area (Å²) in [7, 11) is 0. The highest BCUT2D eigenvalue weighted by Gasteiger charge is 2.30. The van der Waals surface area contributed by atoms with Crippen molar-refractivity contribution in [2.24, 2.45) is 5.73 Å². The Labute approximate surface area is 154 Å². The average molecular weight is 372 g/mol. The number of amides is 1. The zero-order valence-corrected chi connectivity index (χ0v) is 15.2. The highest BCUT2D eigenvalue weighted by Crippen LogP contribution is 2.21. The van der Waals surface area contributed by atoms with Gasteiger partial charge in [0.15, 0.2) is 5.82 Å². The predicted octanol–water partition coefficient (Wildman–Crippen LogP) is 2.45. The van der Waals surface area contributed by atoms with Crippen molar-refractivity contribution in [3.05, 3.63) is 42.4 Å². The molecule has 0 bridgehead atoms. The van der Waals surface area contributed by atoms with Crippen LogP contribution in [-0.4, -0.2) is 44.2 Å². The third-order valence-corrected chi connectivity index (χ3v) is 4.11. The van der Waals surface area contributed by atoms with Gasteiger partial charge in [-0.25, -0.2) is 9.67 Å². The molecule has 132 valence electrons. The minimum atomic E-state index is -0.0454. The lowest BCUT2D eigenvalue weighted by molar-refractivity contribution is 0.0577. The molecular weight excluding hydrogens is 349 g/mol. The highest BCUT2D eigenvalue weighted by atomic mass is 35.5. The fourth-order valence-electron chi connectivity index (χ4n) is 2.98. The Kier molecular flexibility index (Phi) is 7.66. The molecule has 0 spiro atoms. The molecule has 2 N–H and O–H groups in total. The number of hydrogen-bond acceptors (Lipinski definition) is 4. The van der Waals surface area contributed by atoms with Gasteiger partial charge in [-0.05, 0) is 44.4 Å². The molecule has 8 heteroatoms. The number of carbonyl (C=O) groups is 1. The summed E-state index contributed by atoms with van der Waals surface area (Å²) >= 11 is 0. The smallest absolute Gasteiger partial charge is 0.272 e. The third-order valence-electron chi connectivity index (χ3n) is 4.11. The largest absolute Gasteiger partial charge is 0.333 e. The molecule has 2 unspecified atom stereocenters. The first-order valence-electron chi connectivity index (χ1n) is 7.70. The van der Waals surface area contributed by atoms with Crippen molar-refractivity contribution >= 4 is 30.7 Å². The van der Waals surface area contributed by atoms with Crippen LogP contribution in [0.15, 0.2) is 36.7 Å². The molecule has 2 atom stereocenters. The molecule has 1 amide bonds. The second-order valence-corrected chi connectivity index (χ2v) is 5.75. The van der Waals surface area contributed by atoms with Crippen molar-refractivity contribution in [3.8, 4) is 5.82 Å². The van der Waals surface area contributed by atoms with Gasteiger partial charge in [-0.2, -0.15) is 5.10 Å². The van der Waals surface area contributed by atoms with Gasteiger partial charge in [-0.3, -0.25) is 4.79 Å². The van der Waals surface area contributed by atoms with Gasteiger partial charge in [-0.1, -0.05) is 6.07 Å². The fraction of sp³-hybridized carbons (Fsp3) is 0.438. The van der Waals surface area contributed by atoms with E-state index in [0.29, 0.717) is 11.5 Å². The van der Waals surface area contributed by atoms with E-state index < -0.39 is 0 Å². The molecule has 0 saturated carbocycles. The van der Waals surface area contributed by atoms with Crippen molar-refractivity contribution in [2.75, 3.05) is 6.54 Å². The Morgan fingerprint density at radius 2 is 2.08 bits per heavy atom. The highest BCUT2D eigenvalue weighted by molar-refractivity contribution is 5.92. The van der Waals surface area contributed by atoms with Gasteiger partial charge in [0.1, 0.15) is 5.69 Å². The number of halogens is 2. The van der Waals surface area contributed by atoms with Crippen LogP contribution in [-0.2, 0) is 0 Å². The van der Waals surface area contributed by atoms with E-state index in [2.05, 4.69) is 10.1 Å². The van der Waals surface area contributed by atoms with E-state index in [4.69, 9.17) is 5.73 Å². The van der Waals surface area contributed by atoms with E-state index in [1.54, 1.807) is 16.9 Å². The number of rotatable bonds is 3. The van der Waals surface area contributed by atoms with Gasteiger partial charge in [0.05, 0.1) is 0 Å². The van der Waals surface area contributed by atoms with E-state index >= 15 is 0 Å². The molecule has 1 aliphatic rings. The SMILES string of the molecule is CC(N)C1CCCCN1C(=O)c1cccc(-n2cccn2)n1.Cl.Cl. The van der Waals surface area contributed by atoms with Crippen LogP contribution < -0.4 is 5.73 Å². The molecule has 2 aromatic rings. The number of nitrogens with zero attached hydrogens (tertiary/aromatic N) is 4. The molecule has 0 aromatic carbocycles. The van der Waals surface area contributed by atoms with Crippen LogP contribution in [0.4, 0.5) is 0 Å². The normalized spacial score (nSPS) is 18.2. The summed E-state index contributed by atoms with van der Waals surface area (Å²) in [4.78, 5) is 19.1. The molecule has 0 aliphatic carbocycles. The Bertz CT molecular complexity index is 648. The number of pyridine rings is 1. The van der Waals surface area contributed by atoms with Gasteiger partial charge in [0.25, 0.3) is 5.91 Å². The zero-order valence-electron chi connectivity index (χ0n) is 13.5. The van der Waals surface area contributed by atoms with E-state index in [1.807, 2.05) is 36.2 Å². The van der Waals surface area contributed by atoms with Gasteiger partial charge in [0, 0.05) is 31.0 Å². The van der Waals surface area contributed by atoms with Gasteiger partial charge in [0.2, 0.25) is 0 Å². The first kappa shape index (κ1) is 20.4. The summed E-state index contributed by atoms with van der Waals surface area (Å²) in [5.41, 5.74) is 6.50. The van der Waals surface area contributed by atoms with Crippen molar-refractivity contribution in [3.63, 3.8) is 0 Å². The monoisotopic (exact) mass is 371 g/mol. The van der Waals surface area contributed by atoms with Gasteiger partial charge >= 0.3 is 0 Å². The minimum absolute atomic E-state index is 0. The number of likely N-dealkylation sites (tertiary alicyclic amines) is 1. The molecule has 0 radical (unpaired) electrons. The Balaban J connectivity index is 0.00000144. The molecule has 1 aliphatic heterocycles. The first-order valence-corrected chi connectivity index (χ1v) is 7.70. The van der Waals surface area contributed by atoms with Crippen molar-refractivity contribution < 1.29 is 4.79 Å². The van der Waals surface area contributed by atoms with Crippen LogP contribution in [0.5, 0.6) is 0 Å². The predicted molar refractivity (Wildman–Crippen MR) is 98.2 cm³/mol. The summed E-state index contributed by atoms with van der Waals surface area (Å²) in [5.74, 6) is 0.598. The first-order chi connectivity index (χ1) is 10.7. The maximum Gasteiger partial charge on any atom is 0.272 e. The standard InChI is InChI=1S/C16H21N5O.2ClH/c1-12(17)14-7-2-3-10-20(14)16(22)13-6-4-8-15(19-13)21-11-5-9-18-21;;/h4-6,8-9,11-12,14H,2-3,7,10,17H2,1H3;2*1H. The Morgan fingerprint density at radius 3 is 2.75 bits per heavy atom. The Morgan fingerprint density at radius 1 is 1.29 bits per heavy atom. The second kappa shape index (κ2) is 9.01. The van der Waals surface area contributed by atoms with Crippen molar-refractivity contribution in [1.29, 1.82) is 0 Å². The molecule has 3 rings (SSSR count). The summed E-state index contributed by atoms with van der Waals surface area (Å²) in [5, 5.41) is 4.15. The van der Waals surface area contributed by atoms with Crippen LogP contribution in [0, 0.1) is 0 Å². The molecule has 3 heterocycles. The number of carbonyl (C=O) groups excluding carboxylic acids is 1. The maximum atomic E-state index is 12.8. The average Bonchev–Trinajstić information content (AvgIpc) is 3.09. The minimum Gasteiger partial charge on any atom is -0.333 e. The topological polar surface area (TPSA) is 77.0 Å². The van der Waals surface area contributed by atoms with Gasteiger partial charge < -0.3 is 10.6 Å². The van der Waals surface area contributed by atoms with Crippen LogP contribution in [0.3, 0.4) is 0 Å². The summed E-state index contributed by atoms with van der Waals surface area (Å²) < 4.78 is 1.65. The van der Waals surface area contributed by atoms with Crippen LogP contribution in [0.1, 0.15) is 36.7 Å². The fourth-order valence-corrected chi connectivity index (χ4v) is 2.98. The van der Waals surface area contributed by atoms with E-state index in [9.17, 15) is 4.79 Å². The lowest BCUT2D eigenvalue weighted by Crippen LogP contribution is -2.51. The van der Waals surface area contributed by atoms with Crippen LogP contribution in [0.25, 0.3) is 5.82 Å². The molecule has 24 heavy (non-hydrogen) atoms. The summed E-state index contributed by atoms with van der Waals surface area (Å²) in [6.07, 6.45) is 6.60. The maximum absolute atomic E-state index is 12.8. The van der Waals surface area contributed by atoms with Crippen molar-refractivity contribution in [1.82, 2.24) is 19.7 Å². The van der Waals surface area contributed by atoms with E-state index in [-0.39, 0.29) is 42.8 Å². The number of aromatic nitrogens is 3. The molecule has 2 aromatic heterocycles. The quantitative estimate of drug-likeness (QED) is 0.898. The number of piperidine rings is 1. The molecule has 1 saturated heterocycles. The molecule has 1 fully saturated rings. The molecular formula is C16H23Cl2N5O. The van der Waals surface area contributed by atoms with Gasteiger partial charge in [-0.15, -0.1) is 24.8 Å². The van der Waals surface area contributed by atoms with E-state index in [1.165, 1.54) is 0 Å². The van der Waals surface area contributed by atoms with Crippen LogP contribution in [0.2, 0.25) is 0 Å². The number of nitrogens with two attached hydrogens (primary N) is 1. The molecule has 6 nitrogen and oxygen atoms in total.